The Bertz CT molecular complexity index is 297. The third-order valence-corrected chi connectivity index (χ3v) is 4.45. The second-order valence-corrected chi connectivity index (χ2v) is 6.08. The van der Waals surface area contributed by atoms with Gasteiger partial charge in [0.25, 0.3) is 0 Å². The summed E-state index contributed by atoms with van der Waals surface area (Å²) in [5.74, 6) is 0. The summed E-state index contributed by atoms with van der Waals surface area (Å²) in [5.41, 5.74) is 0.288. The number of hydrogen-bond donors (Lipinski definition) is 3. The van der Waals surface area contributed by atoms with Gasteiger partial charge in [-0.25, -0.2) is 4.79 Å². The SMILES string of the molecule is COCCC1(CNC(=O)NC2CCC(O)CC2)CC1. The third-order valence-electron chi connectivity index (χ3n) is 4.45. The van der Waals surface area contributed by atoms with Crippen molar-refractivity contribution in [1.82, 2.24) is 10.6 Å². The molecule has 2 aliphatic rings. The number of aliphatic hydroxyl groups is 1. The Morgan fingerprint density at radius 1 is 1.32 bits per heavy atom. The van der Waals surface area contributed by atoms with Crippen LogP contribution in [-0.4, -0.2) is 43.5 Å². The van der Waals surface area contributed by atoms with E-state index in [1.54, 1.807) is 7.11 Å². The third kappa shape index (κ3) is 4.66. The predicted octanol–water partition coefficient (Wildman–Crippen LogP) is 1.41. The van der Waals surface area contributed by atoms with Crippen molar-refractivity contribution in [3.8, 4) is 0 Å². The van der Waals surface area contributed by atoms with Gasteiger partial charge in [-0.1, -0.05) is 0 Å². The molecule has 2 fully saturated rings. The van der Waals surface area contributed by atoms with Gasteiger partial charge in [0.2, 0.25) is 0 Å². The molecule has 0 saturated heterocycles. The first kappa shape index (κ1) is 14.6. The first-order valence-electron chi connectivity index (χ1n) is 7.35. The van der Waals surface area contributed by atoms with Gasteiger partial charge in [-0.05, 0) is 50.4 Å². The molecular formula is C14H26N2O3. The molecule has 2 amide bonds. The summed E-state index contributed by atoms with van der Waals surface area (Å²) < 4.78 is 5.10. The minimum Gasteiger partial charge on any atom is -0.393 e. The summed E-state index contributed by atoms with van der Waals surface area (Å²) in [7, 11) is 1.72. The average Bonchev–Trinajstić information content (AvgIpc) is 3.18. The van der Waals surface area contributed by atoms with Gasteiger partial charge < -0.3 is 20.5 Å². The largest absolute Gasteiger partial charge is 0.393 e. The van der Waals surface area contributed by atoms with E-state index in [-0.39, 0.29) is 23.6 Å². The molecule has 2 aliphatic carbocycles. The van der Waals surface area contributed by atoms with Crippen LogP contribution in [0.2, 0.25) is 0 Å². The normalized spacial score (nSPS) is 28.7. The molecule has 0 heterocycles. The molecule has 3 N–H and O–H groups in total. The Kier molecular flexibility index (Phi) is 5.05. The molecule has 0 aromatic heterocycles. The van der Waals surface area contributed by atoms with Crippen molar-refractivity contribution >= 4 is 6.03 Å². The zero-order chi connectivity index (χ0) is 13.7. The number of rotatable bonds is 6. The van der Waals surface area contributed by atoms with E-state index < -0.39 is 0 Å². The Morgan fingerprint density at radius 3 is 2.58 bits per heavy atom. The quantitative estimate of drug-likeness (QED) is 0.683. The number of hydrogen-bond acceptors (Lipinski definition) is 3. The molecule has 5 nitrogen and oxygen atoms in total. The lowest BCUT2D eigenvalue weighted by Gasteiger charge is -2.26. The highest BCUT2D eigenvalue weighted by Gasteiger charge is 2.42. The van der Waals surface area contributed by atoms with Crippen molar-refractivity contribution in [2.45, 2.75) is 57.1 Å². The van der Waals surface area contributed by atoms with Gasteiger partial charge in [0.15, 0.2) is 0 Å². The fraction of sp³-hybridized carbons (Fsp3) is 0.929. The van der Waals surface area contributed by atoms with Crippen LogP contribution in [-0.2, 0) is 4.74 Å². The van der Waals surface area contributed by atoms with E-state index in [0.29, 0.717) is 0 Å². The van der Waals surface area contributed by atoms with Gasteiger partial charge in [-0.15, -0.1) is 0 Å². The van der Waals surface area contributed by atoms with Gasteiger partial charge >= 0.3 is 6.03 Å². The first-order valence-corrected chi connectivity index (χ1v) is 7.35. The van der Waals surface area contributed by atoms with E-state index in [1.165, 1.54) is 12.8 Å². The molecule has 0 spiro atoms. The van der Waals surface area contributed by atoms with Crippen LogP contribution in [0.5, 0.6) is 0 Å². The molecule has 0 atom stereocenters. The maximum absolute atomic E-state index is 11.8. The molecular weight excluding hydrogens is 244 g/mol. The van der Waals surface area contributed by atoms with Crippen LogP contribution in [0.4, 0.5) is 4.79 Å². The van der Waals surface area contributed by atoms with Crippen LogP contribution in [0.1, 0.15) is 44.9 Å². The molecule has 19 heavy (non-hydrogen) atoms. The molecule has 0 bridgehead atoms. The predicted molar refractivity (Wildman–Crippen MR) is 73.0 cm³/mol. The van der Waals surface area contributed by atoms with Gasteiger partial charge in [0.05, 0.1) is 6.10 Å². The van der Waals surface area contributed by atoms with Crippen molar-refractivity contribution in [3.63, 3.8) is 0 Å². The van der Waals surface area contributed by atoms with Crippen LogP contribution in [0, 0.1) is 5.41 Å². The fourth-order valence-electron chi connectivity index (χ4n) is 2.73. The van der Waals surface area contributed by atoms with Crippen molar-refractivity contribution in [3.05, 3.63) is 0 Å². The van der Waals surface area contributed by atoms with Crippen molar-refractivity contribution in [1.29, 1.82) is 0 Å². The Balaban J connectivity index is 1.62. The number of nitrogens with one attached hydrogen (secondary N) is 2. The number of methoxy groups -OCH3 is 1. The summed E-state index contributed by atoms with van der Waals surface area (Å²) in [6.45, 7) is 1.52. The number of aliphatic hydroxyl groups excluding tert-OH is 1. The van der Waals surface area contributed by atoms with Gasteiger partial charge in [-0.2, -0.15) is 0 Å². The van der Waals surface area contributed by atoms with Crippen LogP contribution >= 0.6 is 0 Å². The summed E-state index contributed by atoms with van der Waals surface area (Å²) in [6, 6.07) is 0.155. The maximum Gasteiger partial charge on any atom is 0.315 e. The van der Waals surface area contributed by atoms with Crippen LogP contribution in [0.25, 0.3) is 0 Å². The number of ether oxygens (including phenoxy) is 1. The van der Waals surface area contributed by atoms with E-state index in [4.69, 9.17) is 4.74 Å². The van der Waals surface area contributed by atoms with E-state index in [2.05, 4.69) is 10.6 Å². The summed E-state index contributed by atoms with van der Waals surface area (Å²) in [4.78, 5) is 11.8. The maximum atomic E-state index is 11.8. The van der Waals surface area contributed by atoms with Crippen LogP contribution < -0.4 is 10.6 Å². The monoisotopic (exact) mass is 270 g/mol. The van der Waals surface area contributed by atoms with Crippen molar-refractivity contribution in [2.75, 3.05) is 20.3 Å². The molecule has 0 aromatic carbocycles. The number of amides is 2. The molecule has 0 unspecified atom stereocenters. The highest BCUT2D eigenvalue weighted by Crippen LogP contribution is 2.48. The first-order chi connectivity index (χ1) is 9.13. The second kappa shape index (κ2) is 6.57. The number of carbonyl (C=O) groups is 1. The zero-order valence-electron chi connectivity index (χ0n) is 11.8. The van der Waals surface area contributed by atoms with Crippen LogP contribution in [0.15, 0.2) is 0 Å². The second-order valence-electron chi connectivity index (χ2n) is 6.08. The van der Waals surface area contributed by atoms with E-state index >= 15 is 0 Å². The molecule has 5 heteroatoms. The summed E-state index contributed by atoms with van der Waals surface area (Å²) >= 11 is 0. The molecule has 0 aromatic rings. The lowest BCUT2D eigenvalue weighted by atomic mass is 9.93. The highest BCUT2D eigenvalue weighted by molar-refractivity contribution is 5.74. The summed E-state index contributed by atoms with van der Waals surface area (Å²) in [5, 5.41) is 15.4. The van der Waals surface area contributed by atoms with Crippen LogP contribution in [0.3, 0.4) is 0 Å². The molecule has 2 rings (SSSR count). The Morgan fingerprint density at radius 2 is 2.00 bits per heavy atom. The average molecular weight is 270 g/mol. The minimum absolute atomic E-state index is 0.0647. The molecule has 2 saturated carbocycles. The lowest BCUT2D eigenvalue weighted by molar-refractivity contribution is 0.117. The van der Waals surface area contributed by atoms with Crippen molar-refractivity contribution in [2.24, 2.45) is 5.41 Å². The fourth-order valence-corrected chi connectivity index (χ4v) is 2.73. The Labute approximate surface area is 115 Å². The highest BCUT2D eigenvalue weighted by atomic mass is 16.5. The summed E-state index contributed by atoms with van der Waals surface area (Å²) in [6.07, 6.45) is 6.57. The number of urea groups is 1. The number of carbonyl (C=O) groups excluding carboxylic acids is 1. The van der Waals surface area contributed by atoms with Gasteiger partial charge in [-0.3, -0.25) is 0 Å². The van der Waals surface area contributed by atoms with Gasteiger partial charge in [0, 0.05) is 26.3 Å². The van der Waals surface area contributed by atoms with E-state index in [0.717, 1.165) is 45.3 Å². The van der Waals surface area contributed by atoms with Gasteiger partial charge in [0.1, 0.15) is 0 Å². The topological polar surface area (TPSA) is 70.6 Å². The van der Waals surface area contributed by atoms with Crippen molar-refractivity contribution < 1.29 is 14.6 Å². The Hall–Kier alpha value is -0.810. The zero-order valence-corrected chi connectivity index (χ0v) is 11.8. The van der Waals surface area contributed by atoms with E-state index in [9.17, 15) is 9.90 Å². The van der Waals surface area contributed by atoms with E-state index in [1.807, 2.05) is 0 Å². The standard InChI is InChI=1S/C14H26N2O3/c1-19-9-8-14(6-7-14)10-15-13(18)16-11-2-4-12(17)5-3-11/h11-12,17H,2-10H2,1H3,(H2,15,16,18). The smallest absolute Gasteiger partial charge is 0.315 e. The lowest BCUT2D eigenvalue weighted by Crippen LogP contribution is -2.45. The molecule has 0 aliphatic heterocycles. The molecule has 0 radical (unpaired) electrons. The minimum atomic E-state index is -0.176. The molecule has 110 valence electrons.